The fourth-order valence-electron chi connectivity index (χ4n) is 2.45. The first-order valence-corrected chi connectivity index (χ1v) is 8.06. The van der Waals surface area contributed by atoms with Gasteiger partial charge < -0.3 is 4.90 Å². The van der Waals surface area contributed by atoms with Gasteiger partial charge in [0.2, 0.25) is 5.91 Å². The van der Waals surface area contributed by atoms with Gasteiger partial charge in [-0.05, 0) is 22.8 Å². The van der Waals surface area contributed by atoms with Crippen molar-refractivity contribution in [3.05, 3.63) is 48.0 Å². The number of nitrogens with zero attached hydrogens (tertiary/aromatic N) is 1. The number of hydrogen-bond acceptors (Lipinski definition) is 1. The van der Waals surface area contributed by atoms with Crippen molar-refractivity contribution < 1.29 is 9.18 Å². The molecule has 0 saturated carbocycles. The molecule has 0 unspecified atom stereocenters. The third-order valence-electron chi connectivity index (χ3n) is 3.42. The third-order valence-corrected chi connectivity index (χ3v) is 3.42. The summed E-state index contributed by atoms with van der Waals surface area (Å²) in [6.45, 7) is 6.32. The second-order valence-electron chi connectivity index (χ2n) is 4.88. The van der Waals surface area contributed by atoms with Gasteiger partial charge in [0.15, 0.2) is 0 Å². The highest BCUT2D eigenvalue weighted by molar-refractivity contribution is 5.90. The fourth-order valence-corrected chi connectivity index (χ4v) is 2.45. The minimum Gasteiger partial charge on any atom is -0.340 e. The zero-order valence-corrected chi connectivity index (χ0v) is 13.8. The summed E-state index contributed by atoms with van der Waals surface area (Å²) in [5.41, 5.74) is 1.01. The van der Waals surface area contributed by atoms with Crippen LogP contribution in [0.5, 0.6) is 0 Å². The van der Waals surface area contributed by atoms with Gasteiger partial charge in [-0.2, -0.15) is 0 Å². The van der Waals surface area contributed by atoms with Crippen molar-refractivity contribution in [2.75, 3.05) is 19.8 Å². The van der Waals surface area contributed by atoms with Crippen molar-refractivity contribution in [3.8, 4) is 0 Å². The molecule has 22 heavy (non-hydrogen) atoms. The summed E-state index contributed by atoms with van der Waals surface area (Å²) < 4.78 is 12.5. The Balaban J connectivity index is 0.00000116. The summed E-state index contributed by atoms with van der Waals surface area (Å²) in [5.74, 6) is 0.000790. The molecule has 0 aromatic heterocycles. The van der Waals surface area contributed by atoms with E-state index >= 15 is 0 Å². The van der Waals surface area contributed by atoms with Crippen molar-refractivity contribution in [2.45, 2.75) is 33.6 Å². The van der Waals surface area contributed by atoms with E-state index in [1.54, 1.807) is 4.90 Å². The maximum Gasteiger partial charge on any atom is 0.227 e. The highest BCUT2D eigenvalue weighted by Crippen LogP contribution is 2.19. The molecular formula is C19H26FNO. The summed E-state index contributed by atoms with van der Waals surface area (Å²) in [6, 6.07) is 14.0. The maximum absolute atomic E-state index is 12.5. The molecule has 3 heteroatoms. The van der Waals surface area contributed by atoms with Crippen LogP contribution in [0.4, 0.5) is 4.39 Å². The topological polar surface area (TPSA) is 20.3 Å². The van der Waals surface area contributed by atoms with Crippen LogP contribution in [0.1, 0.15) is 32.8 Å². The lowest BCUT2D eigenvalue weighted by molar-refractivity contribution is -0.130. The standard InChI is InChI=1S/C17H20FNO.C2H6/c1-2-11-19(12-10-18)17(20)13-15-8-5-7-14-6-3-4-9-16(14)15;1-2/h3-9H,2,10-13H2,1H3;1-2H3. The minimum atomic E-state index is -0.485. The quantitative estimate of drug-likeness (QED) is 0.762. The average Bonchev–Trinajstić information content (AvgIpc) is 2.57. The molecule has 0 aliphatic heterocycles. The Labute approximate surface area is 132 Å². The van der Waals surface area contributed by atoms with E-state index in [-0.39, 0.29) is 12.5 Å². The van der Waals surface area contributed by atoms with E-state index in [1.165, 1.54) is 0 Å². The highest BCUT2D eigenvalue weighted by atomic mass is 19.1. The second kappa shape index (κ2) is 9.93. The van der Waals surface area contributed by atoms with Gasteiger partial charge in [0.1, 0.15) is 6.67 Å². The Morgan fingerprint density at radius 3 is 2.41 bits per heavy atom. The largest absolute Gasteiger partial charge is 0.340 e. The van der Waals surface area contributed by atoms with Crippen molar-refractivity contribution in [1.82, 2.24) is 4.90 Å². The highest BCUT2D eigenvalue weighted by Gasteiger charge is 2.14. The van der Waals surface area contributed by atoms with Gasteiger partial charge in [-0.15, -0.1) is 0 Å². The van der Waals surface area contributed by atoms with E-state index in [0.29, 0.717) is 13.0 Å². The van der Waals surface area contributed by atoms with Crippen LogP contribution >= 0.6 is 0 Å². The Hall–Kier alpha value is -1.90. The Bertz CT molecular complexity index is 571. The molecule has 0 aliphatic rings. The molecule has 2 aromatic carbocycles. The summed E-state index contributed by atoms with van der Waals surface area (Å²) >= 11 is 0. The predicted molar refractivity (Wildman–Crippen MR) is 91.8 cm³/mol. The Morgan fingerprint density at radius 2 is 1.73 bits per heavy atom. The van der Waals surface area contributed by atoms with Crippen LogP contribution in [-0.4, -0.2) is 30.6 Å². The van der Waals surface area contributed by atoms with Gasteiger partial charge in [-0.1, -0.05) is 63.2 Å². The summed E-state index contributed by atoms with van der Waals surface area (Å²) in [6.07, 6.45) is 1.18. The number of carbonyl (C=O) groups excluding carboxylic acids is 1. The van der Waals surface area contributed by atoms with Gasteiger partial charge in [0, 0.05) is 13.1 Å². The van der Waals surface area contributed by atoms with Crippen LogP contribution in [0.15, 0.2) is 42.5 Å². The van der Waals surface area contributed by atoms with Crippen LogP contribution in [0.3, 0.4) is 0 Å². The molecule has 0 N–H and O–H groups in total. The number of rotatable bonds is 6. The number of carbonyl (C=O) groups is 1. The SMILES string of the molecule is CC.CCCN(CCF)C(=O)Cc1cccc2ccccc12. The van der Waals surface area contributed by atoms with E-state index in [0.717, 1.165) is 22.8 Å². The summed E-state index contributed by atoms with van der Waals surface area (Å²) in [7, 11) is 0. The molecule has 0 spiro atoms. The van der Waals surface area contributed by atoms with Crippen LogP contribution in [-0.2, 0) is 11.2 Å². The number of alkyl halides is 1. The minimum absolute atomic E-state index is 0.000790. The van der Waals surface area contributed by atoms with Crippen LogP contribution < -0.4 is 0 Å². The molecule has 1 amide bonds. The van der Waals surface area contributed by atoms with Gasteiger partial charge in [0.05, 0.1) is 6.42 Å². The number of halogens is 1. The molecule has 2 rings (SSSR count). The number of hydrogen-bond donors (Lipinski definition) is 0. The monoisotopic (exact) mass is 303 g/mol. The van der Waals surface area contributed by atoms with Crippen molar-refractivity contribution >= 4 is 16.7 Å². The van der Waals surface area contributed by atoms with Crippen molar-refractivity contribution in [1.29, 1.82) is 0 Å². The van der Waals surface area contributed by atoms with Gasteiger partial charge in [-0.3, -0.25) is 4.79 Å². The lowest BCUT2D eigenvalue weighted by atomic mass is 10.0. The van der Waals surface area contributed by atoms with E-state index in [9.17, 15) is 9.18 Å². The smallest absolute Gasteiger partial charge is 0.227 e. The van der Waals surface area contributed by atoms with E-state index < -0.39 is 6.67 Å². The molecule has 120 valence electrons. The molecule has 2 aromatic rings. The molecule has 0 radical (unpaired) electrons. The predicted octanol–water partition coefficient (Wildman–Crippen LogP) is 4.62. The Kier molecular flexibility index (Phi) is 8.19. The van der Waals surface area contributed by atoms with Gasteiger partial charge >= 0.3 is 0 Å². The van der Waals surface area contributed by atoms with Crippen LogP contribution in [0.25, 0.3) is 10.8 Å². The first-order chi connectivity index (χ1) is 10.8. The summed E-state index contributed by atoms with van der Waals surface area (Å²) in [5, 5.41) is 2.23. The van der Waals surface area contributed by atoms with Crippen LogP contribution in [0.2, 0.25) is 0 Å². The first kappa shape index (κ1) is 18.1. The Morgan fingerprint density at radius 1 is 1.05 bits per heavy atom. The molecule has 0 saturated heterocycles. The van der Waals surface area contributed by atoms with E-state index in [4.69, 9.17) is 0 Å². The van der Waals surface area contributed by atoms with Crippen molar-refractivity contribution in [3.63, 3.8) is 0 Å². The van der Waals surface area contributed by atoms with Gasteiger partial charge in [0.25, 0.3) is 0 Å². The first-order valence-electron chi connectivity index (χ1n) is 8.06. The molecule has 0 bridgehead atoms. The molecule has 0 atom stereocenters. The third kappa shape index (κ3) is 4.83. The molecular weight excluding hydrogens is 277 g/mol. The van der Waals surface area contributed by atoms with E-state index in [2.05, 4.69) is 0 Å². The molecule has 0 heterocycles. The zero-order chi connectivity index (χ0) is 16.4. The van der Waals surface area contributed by atoms with Crippen LogP contribution in [0, 0.1) is 0 Å². The second-order valence-corrected chi connectivity index (χ2v) is 4.88. The number of amides is 1. The molecule has 0 fully saturated rings. The van der Waals surface area contributed by atoms with E-state index in [1.807, 2.05) is 63.2 Å². The lowest BCUT2D eigenvalue weighted by Gasteiger charge is -2.21. The number of fused-ring (bicyclic) bond motifs is 1. The maximum atomic E-state index is 12.5. The molecule has 0 aliphatic carbocycles. The molecule has 2 nitrogen and oxygen atoms in total. The average molecular weight is 303 g/mol. The fraction of sp³-hybridized carbons (Fsp3) is 0.421. The van der Waals surface area contributed by atoms with Gasteiger partial charge in [-0.25, -0.2) is 4.39 Å². The normalized spacial score (nSPS) is 10.0. The number of benzene rings is 2. The lowest BCUT2D eigenvalue weighted by Crippen LogP contribution is -2.34. The summed E-state index contributed by atoms with van der Waals surface area (Å²) in [4.78, 5) is 13.9. The zero-order valence-electron chi connectivity index (χ0n) is 13.8. The van der Waals surface area contributed by atoms with Crippen molar-refractivity contribution in [2.24, 2.45) is 0 Å².